The first-order valence-electron chi connectivity index (χ1n) is 7.08. The van der Waals surface area contributed by atoms with Crippen LogP contribution in [-0.2, 0) is 27.5 Å². The summed E-state index contributed by atoms with van der Waals surface area (Å²) in [6.07, 6.45) is 6.76. The zero-order valence-electron chi connectivity index (χ0n) is 12.1. The van der Waals surface area contributed by atoms with Gasteiger partial charge in [0.05, 0.1) is 17.5 Å². The van der Waals surface area contributed by atoms with Gasteiger partial charge in [0, 0.05) is 11.1 Å². The van der Waals surface area contributed by atoms with Crippen LogP contribution in [0, 0.1) is 0 Å². The topological polar surface area (TPSA) is 102 Å². The van der Waals surface area contributed by atoms with Crippen LogP contribution in [0.5, 0.6) is 0 Å². The fourth-order valence-electron chi connectivity index (χ4n) is 2.25. The second-order valence-corrected chi connectivity index (χ2v) is 8.81. The lowest BCUT2D eigenvalue weighted by Gasteiger charge is -2.09. The van der Waals surface area contributed by atoms with E-state index in [1.54, 1.807) is 0 Å². The third-order valence-electron chi connectivity index (χ3n) is 3.46. The molecule has 21 heavy (non-hydrogen) atoms. The molecule has 1 aromatic rings. The third kappa shape index (κ3) is 5.05. The van der Waals surface area contributed by atoms with Gasteiger partial charge in [0.1, 0.15) is 9.84 Å². The first-order chi connectivity index (χ1) is 9.85. The summed E-state index contributed by atoms with van der Waals surface area (Å²) in [5.41, 5.74) is 6.80. The number of aromatic nitrogens is 1. The van der Waals surface area contributed by atoms with Crippen molar-refractivity contribution in [1.29, 1.82) is 0 Å². The number of carbonyl (C=O) groups is 1. The molecule has 3 N–H and O–H groups in total. The van der Waals surface area contributed by atoms with Gasteiger partial charge in [-0.25, -0.2) is 13.4 Å². The molecule has 1 amide bonds. The maximum absolute atomic E-state index is 11.9. The van der Waals surface area contributed by atoms with E-state index in [4.69, 9.17) is 5.73 Å². The van der Waals surface area contributed by atoms with Crippen LogP contribution in [0.1, 0.15) is 36.3 Å². The summed E-state index contributed by atoms with van der Waals surface area (Å²) in [4.78, 5) is 17.6. The van der Waals surface area contributed by atoms with Gasteiger partial charge in [0.25, 0.3) is 0 Å². The van der Waals surface area contributed by atoms with Crippen molar-refractivity contribution in [2.45, 2.75) is 44.6 Å². The van der Waals surface area contributed by atoms with Crippen molar-refractivity contribution in [3.8, 4) is 0 Å². The standard InChI is InChI=1S/C13H21N3O3S2/c1-21(18,19)8-7-9(14)12(17)16-13-15-10-5-3-2-4-6-11(10)20-13/h9H,2-8,14H2,1H3,(H,15,16,17). The van der Waals surface area contributed by atoms with Crippen LogP contribution in [-0.4, -0.2) is 37.4 Å². The predicted octanol–water partition coefficient (Wildman–Crippen LogP) is 1.11. The highest BCUT2D eigenvalue weighted by atomic mass is 32.2. The Bertz CT molecular complexity index is 587. The number of sulfone groups is 1. The van der Waals surface area contributed by atoms with E-state index < -0.39 is 15.9 Å². The number of hydrogen-bond acceptors (Lipinski definition) is 6. The van der Waals surface area contributed by atoms with Crippen LogP contribution in [0.3, 0.4) is 0 Å². The van der Waals surface area contributed by atoms with Crippen LogP contribution in [0.25, 0.3) is 0 Å². The van der Waals surface area contributed by atoms with E-state index in [0.29, 0.717) is 5.13 Å². The first kappa shape index (κ1) is 16.4. The quantitative estimate of drug-likeness (QED) is 0.787. The third-order valence-corrected chi connectivity index (χ3v) is 5.51. The number of aryl methyl sites for hydroxylation is 2. The Kier molecular flexibility index (Phi) is 5.34. The lowest BCUT2D eigenvalue weighted by Crippen LogP contribution is -2.37. The molecule has 1 atom stereocenters. The summed E-state index contributed by atoms with van der Waals surface area (Å²) in [6, 6.07) is -0.830. The highest BCUT2D eigenvalue weighted by Gasteiger charge is 2.19. The van der Waals surface area contributed by atoms with E-state index in [0.717, 1.165) is 37.6 Å². The van der Waals surface area contributed by atoms with Gasteiger partial charge in [0.2, 0.25) is 5.91 Å². The average molecular weight is 331 g/mol. The van der Waals surface area contributed by atoms with Gasteiger partial charge in [-0.15, -0.1) is 11.3 Å². The molecule has 0 bridgehead atoms. The number of carbonyl (C=O) groups excluding carboxylic acids is 1. The molecule has 1 aliphatic rings. The van der Waals surface area contributed by atoms with Crippen LogP contribution in [0.2, 0.25) is 0 Å². The number of hydrogen-bond donors (Lipinski definition) is 2. The number of rotatable bonds is 5. The second-order valence-electron chi connectivity index (χ2n) is 5.46. The van der Waals surface area contributed by atoms with Crippen molar-refractivity contribution in [3.63, 3.8) is 0 Å². The van der Waals surface area contributed by atoms with Crippen molar-refractivity contribution >= 4 is 32.2 Å². The second kappa shape index (κ2) is 6.85. The van der Waals surface area contributed by atoms with Crippen molar-refractivity contribution in [3.05, 3.63) is 10.6 Å². The van der Waals surface area contributed by atoms with E-state index in [-0.39, 0.29) is 18.1 Å². The molecule has 2 rings (SSSR count). The molecule has 0 saturated carbocycles. The summed E-state index contributed by atoms with van der Waals surface area (Å²) < 4.78 is 22.2. The number of nitrogens with two attached hydrogens (primary N) is 1. The molecular formula is C13H21N3O3S2. The average Bonchev–Trinajstić information content (AvgIpc) is 2.64. The van der Waals surface area contributed by atoms with Gasteiger partial charge in [-0.2, -0.15) is 0 Å². The summed E-state index contributed by atoms with van der Waals surface area (Å²) in [5, 5.41) is 3.28. The molecule has 0 radical (unpaired) electrons. The minimum absolute atomic E-state index is 0.0873. The largest absolute Gasteiger partial charge is 0.320 e. The number of nitrogens with one attached hydrogen (secondary N) is 1. The molecule has 1 aromatic heterocycles. The van der Waals surface area contributed by atoms with Crippen LogP contribution < -0.4 is 11.1 Å². The Morgan fingerprint density at radius 2 is 2.10 bits per heavy atom. The summed E-state index contributed by atoms with van der Waals surface area (Å²) >= 11 is 1.50. The molecule has 1 heterocycles. The Hall–Kier alpha value is -0.990. The highest BCUT2D eigenvalue weighted by molar-refractivity contribution is 7.90. The lowest BCUT2D eigenvalue weighted by molar-refractivity contribution is -0.117. The number of anilines is 1. The number of amides is 1. The monoisotopic (exact) mass is 331 g/mol. The van der Waals surface area contributed by atoms with Gasteiger partial charge < -0.3 is 11.1 Å². The maximum atomic E-state index is 11.9. The van der Waals surface area contributed by atoms with Crippen molar-refractivity contribution in [2.75, 3.05) is 17.3 Å². The molecule has 0 spiro atoms. The molecule has 0 saturated heterocycles. The fraction of sp³-hybridized carbons (Fsp3) is 0.692. The molecule has 118 valence electrons. The molecule has 0 fully saturated rings. The molecular weight excluding hydrogens is 310 g/mol. The summed E-state index contributed by atoms with van der Waals surface area (Å²) in [5.74, 6) is -0.460. The van der Waals surface area contributed by atoms with E-state index in [9.17, 15) is 13.2 Å². The maximum Gasteiger partial charge on any atom is 0.243 e. The van der Waals surface area contributed by atoms with Crippen molar-refractivity contribution in [1.82, 2.24) is 4.98 Å². The Balaban J connectivity index is 1.93. The van der Waals surface area contributed by atoms with E-state index in [1.807, 2.05) is 0 Å². The molecule has 0 aromatic carbocycles. The van der Waals surface area contributed by atoms with E-state index in [1.165, 1.54) is 22.6 Å². The van der Waals surface area contributed by atoms with Crippen LogP contribution in [0.4, 0.5) is 5.13 Å². The van der Waals surface area contributed by atoms with Gasteiger partial charge in [-0.05, 0) is 32.1 Å². The predicted molar refractivity (Wildman–Crippen MR) is 84.3 cm³/mol. The Morgan fingerprint density at radius 1 is 1.38 bits per heavy atom. The normalized spacial score (nSPS) is 16.9. The fourth-order valence-corrected chi connectivity index (χ4v) is 3.99. The Labute approximate surface area is 129 Å². The molecule has 8 heteroatoms. The number of fused-ring (bicyclic) bond motifs is 1. The van der Waals surface area contributed by atoms with E-state index in [2.05, 4.69) is 10.3 Å². The summed E-state index contributed by atoms with van der Waals surface area (Å²) in [7, 11) is -3.10. The van der Waals surface area contributed by atoms with Gasteiger partial charge in [-0.3, -0.25) is 4.79 Å². The van der Waals surface area contributed by atoms with Crippen molar-refractivity contribution < 1.29 is 13.2 Å². The molecule has 6 nitrogen and oxygen atoms in total. The molecule has 1 unspecified atom stereocenters. The minimum Gasteiger partial charge on any atom is -0.320 e. The highest BCUT2D eigenvalue weighted by Crippen LogP contribution is 2.28. The zero-order valence-corrected chi connectivity index (χ0v) is 13.7. The first-order valence-corrected chi connectivity index (χ1v) is 9.95. The SMILES string of the molecule is CS(=O)(=O)CCC(N)C(=O)Nc1nc2c(s1)CCCCC2. The van der Waals surface area contributed by atoms with Gasteiger partial charge >= 0.3 is 0 Å². The number of thiazole rings is 1. The van der Waals surface area contributed by atoms with Crippen LogP contribution >= 0.6 is 11.3 Å². The minimum atomic E-state index is -3.10. The van der Waals surface area contributed by atoms with Gasteiger partial charge in [0.15, 0.2) is 5.13 Å². The van der Waals surface area contributed by atoms with E-state index >= 15 is 0 Å². The molecule has 0 aliphatic heterocycles. The number of nitrogens with zero attached hydrogens (tertiary/aromatic N) is 1. The lowest BCUT2D eigenvalue weighted by atomic mass is 10.2. The van der Waals surface area contributed by atoms with Gasteiger partial charge in [-0.1, -0.05) is 6.42 Å². The molecule has 1 aliphatic carbocycles. The van der Waals surface area contributed by atoms with Crippen molar-refractivity contribution in [2.24, 2.45) is 5.73 Å². The summed E-state index contributed by atoms with van der Waals surface area (Å²) in [6.45, 7) is 0. The van der Waals surface area contributed by atoms with Crippen LogP contribution in [0.15, 0.2) is 0 Å². The Morgan fingerprint density at radius 3 is 2.81 bits per heavy atom. The smallest absolute Gasteiger partial charge is 0.243 e. The zero-order chi connectivity index (χ0) is 15.5.